The van der Waals surface area contributed by atoms with Crippen molar-refractivity contribution in [2.24, 2.45) is 17.8 Å². The molecule has 96 valence electrons. The van der Waals surface area contributed by atoms with Gasteiger partial charge in [0.15, 0.2) is 0 Å². The molecule has 0 aromatic carbocycles. The average molecular weight is 224 g/mol. The van der Waals surface area contributed by atoms with Gasteiger partial charge in [0, 0.05) is 0 Å². The quantitative estimate of drug-likeness (QED) is 0.411. The molecule has 1 fully saturated rings. The van der Waals surface area contributed by atoms with Gasteiger partial charge >= 0.3 is 0 Å². The summed E-state index contributed by atoms with van der Waals surface area (Å²) in [5, 5.41) is 0. The van der Waals surface area contributed by atoms with Gasteiger partial charge < -0.3 is 0 Å². The van der Waals surface area contributed by atoms with Crippen molar-refractivity contribution in [2.75, 3.05) is 0 Å². The van der Waals surface area contributed by atoms with E-state index in [1.165, 1.54) is 57.8 Å². The summed E-state index contributed by atoms with van der Waals surface area (Å²) in [5.74, 6) is 3.21. The first-order valence-electron chi connectivity index (χ1n) is 7.79. The van der Waals surface area contributed by atoms with Gasteiger partial charge in [-0.1, -0.05) is 78.6 Å². The Hall–Kier alpha value is 0. The minimum atomic E-state index is 0.995. The van der Waals surface area contributed by atoms with Crippen LogP contribution in [0.3, 0.4) is 0 Å². The van der Waals surface area contributed by atoms with Crippen LogP contribution in [-0.2, 0) is 0 Å². The zero-order valence-corrected chi connectivity index (χ0v) is 11.8. The van der Waals surface area contributed by atoms with Crippen molar-refractivity contribution in [1.82, 2.24) is 0 Å². The maximum atomic E-state index is 2.44. The minimum absolute atomic E-state index is 0.995. The zero-order valence-electron chi connectivity index (χ0n) is 11.8. The first-order chi connectivity index (χ1) is 7.79. The zero-order chi connectivity index (χ0) is 11.8. The number of hydrogen-bond acceptors (Lipinski definition) is 0. The fourth-order valence-electron chi connectivity index (χ4n) is 2.97. The SMILES string of the molecule is CCCCCCCCCC1CC1C(C)CC. The highest BCUT2D eigenvalue weighted by molar-refractivity contribution is 4.88. The molecule has 0 aliphatic heterocycles. The summed E-state index contributed by atoms with van der Waals surface area (Å²) in [4.78, 5) is 0. The lowest BCUT2D eigenvalue weighted by Gasteiger charge is -2.07. The molecule has 0 radical (unpaired) electrons. The molecule has 0 heteroatoms. The van der Waals surface area contributed by atoms with Gasteiger partial charge in [0.05, 0.1) is 0 Å². The molecule has 1 aliphatic rings. The molecule has 1 rings (SSSR count). The Morgan fingerprint density at radius 1 is 0.938 bits per heavy atom. The Morgan fingerprint density at radius 2 is 1.56 bits per heavy atom. The second-order valence-electron chi connectivity index (χ2n) is 5.96. The molecule has 1 saturated carbocycles. The van der Waals surface area contributed by atoms with Crippen molar-refractivity contribution in [2.45, 2.75) is 85.0 Å². The molecule has 16 heavy (non-hydrogen) atoms. The largest absolute Gasteiger partial charge is 0.0654 e. The third kappa shape index (κ3) is 5.37. The fraction of sp³-hybridized carbons (Fsp3) is 1.00. The first kappa shape index (κ1) is 14.1. The summed E-state index contributed by atoms with van der Waals surface area (Å²) in [6, 6.07) is 0. The summed E-state index contributed by atoms with van der Waals surface area (Å²) < 4.78 is 0. The van der Waals surface area contributed by atoms with Crippen LogP contribution in [0.25, 0.3) is 0 Å². The van der Waals surface area contributed by atoms with E-state index in [-0.39, 0.29) is 0 Å². The van der Waals surface area contributed by atoms with E-state index in [9.17, 15) is 0 Å². The van der Waals surface area contributed by atoms with Gasteiger partial charge in [0.2, 0.25) is 0 Å². The van der Waals surface area contributed by atoms with E-state index < -0.39 is 0 Å². The molecular formula is C16H32. The van der Waals surface area contributed by atoms with Gasteiger partial charge in [-0.15, -0.1) is 0 Å². The van der Waals surface area contributed by atoms with Crippen molar-refractivity contribution in [3.8, 4) is 0 Å². The van der Waals surface area contributed by atoms with E-state index in [1.54, 1.807) is 6.42 Å². The lowest BCUT2D eigenvalue weighted by atomic mass is 9.99. The predicted molar refractivity (Wildman–Crippen MR) is 73.7 cm³/mol. The summed E-state index contributed by atoms with van der Waals surface area (Å²) in [7, 11) is 0. The highest BCUT2D eigenvalue weighted by Gasteiger charge is 2.38. The van der Waals surface area contributed by atoms with Crippen LogP contribution in [0.1, 0.15) is 85.0 Å². The smallest absolute Gasteiger partial charge is 0.0357 e. The molecule has 0 aromatic rings. The van der Waals surface area contributed by atoms with Crippen molar-refractivity contribution in [3.63, 3.8) is 0 Å². The molecule has 0 N–H and O–H groups in total. The van der Waals surface area contributed by atoms with E-state index in [4.69, 9.17) is 0 Å². The summed E-state index contributed by atoms with van der Waals surface area (Å²) >= 11 is 0. The van der Waals surface area contributed by atoms with Crippen molar-refractivity contribution < 1.29 is 0 Å². The van der Waals surface area contributed by atoms with Gasteiger partial charge in [-0.25, -0.2) is 0 Å². The molecule has 0 saturated heterocycles. The van der Waals surface area contributed by atoms with Gasteiger partial charge in [-0.2, -0.15) is 0 Å². The Kier molecular flexibility index (Phi) is 7.16. The van der Waals surface area contributed by atoms with E-state index in [2.05, 4.69) is 20.8 Å². The molecule has 0 spiro atoms. The molecule has 0 nitrogen and oxygen atoms in total. The first-order valence-corrected chi connectivity index (χ1v) is 7.79. The third-order valence-corrected chi connectivity index (χ3v) is 4.53. The predicted octanol–water partition coefficient (Wildman–Crippen LogP) is 5.81. The van der Waals surface area contributed by atoms with Crippen LogP contribution in [0.15, 0.2) is 0 Å². The van der Waals surface area contributed by atoms with Crippen LogP contribution >= 0.6 is 0 Å². The van der Waals surface area contributed by atoms with Crippen LogP contribution in [0.4, 0.5) is 0 Å². The average Bonchev–Trinajstić information content (AvgIpc) is 3.06. The summed E-state index contributed by atoms with van der Waals surface area (Å²) in [6.45, 7) is 7.07. The molecular weight excluding hydrogens is 192 g/mol. The summed E-state index contributed by atoms with van der Waals surface area (Å²) in [6.07, 6.45) is 14.7. The highest BCUT2D eigenvalue weighted by atomic mass is 14.4. The van der Waals surface area contributed by atoms with Crippen molar-refractivity contribution >= 4 is 0 Å². The van der Waals surface area contributed by atoms with Crippen LogP contribution in [0.5, 0.6) is 0 Å². The molecule has 0 amide bonds. The maximum Gasteiger partial charge on any atom is -0.0357 e. The van der Waals surface area contributed by atoms with Crippen LogP contribution in [-0.4, -0.2) is 0 Å². The topological polar surface area (TPSA) is 0 Å². The maximum absolute atomic E-state index is 2.44. The summed E-state index contributed by atoms with van der Waals surface area (Å²) in [5.41, 5.74) is 0. The molecule has 0 bridgehead atoms. The van der Waals surface area contributed by atoms with Gasteiger partial charge in [0.25, 0.3) is 0 Å². The second kappa shape index (κ2) is 8.14. The van der Waals surface area contributed by atoms with Gasteiger partial charge in [-0.05, 0) is 24.2 Å². The molecule has 3 unspecified atom stereocenters. The number of hydrogen-bond donors (Lipinski definition) is 0. The van der Waals surface area contributed by atoms with Gasteiger partial charge in [0.1, 0.15) is 0 Å². The van der Waals surface area contributed by atoms with Crippen molar-refractivity contribution in [3.05, 3.63) is 0 Å². The lowest BCUT2D eigenvalue weighted by molar-refractivity contribution is 0.442. The fourth-order valence-corrected chi connectivity index (χ4v) is 2.97. The van der Waals surface area contributed by atoms with E-state index in [1.807, 2.05) is 0 Å². The molecule has 1 aliphatic carbocycles. The van der Waals surface area contributed by atoms with Crippen LogP contribution in [0.2, 0.25) is 0 Å². The Bertz CT molecular complexity index is 161. The minimum Gasteiger partial charge on any atom is -0.0654 e. The Labute approximate surface area is 103 Å². The van der Waals surface area contributed by atoms with Crippen molar-refractivity contribution in [1.29, 1.82) is 0 Å². The van der Waals surface area contributed by atoms with E-state index >= 15 is 0 Å². The molecule has 0 aromatic heterocycles. The van der Waals surface area contributed by atoms with Gasteiger partial charge in [-0.3, -0.25) is 0 Å². The Morgan fingerprint density at radius 3 is 2.19 bits per heavy atom. The number of unbranched alkanes of at least 4 members (excludes halogenated alkanes) is 6. The number of rotatable bonds is 10. The monoisotopic (exact) mass is 224 g/mol. The lowest BCUT2D eigenvalue weighted by Crippen LogP contribution is -1.97. The standard InChI is InChI=1S/C16H32/c1-4-6-7-8-9-10-11-12-15-13-16(15)14(3)5-2/h14-16H,4-13H2,1-3H3. The Balaban J connectivity index is 1.83. The van der Waals surface area contributed by atoms with E-state index in [0.717, 1.165) is 17.8 Å². The third-order valence-electron chi connectivity index (χ3n) is 4.53. The van der Waals surface area contributed by atoms with Crippen LogP contribution in [0, 0.1) is 17.8 Å². The highest BCUT2D eigenvalue weighted by Crippen LogP contribution is 2.48. The van der Waals surface area contributed by atoms with E-state index in [0.29, 0.717) is 0 Å². The van der Waals surface area contributed by atoms with Crippen LogP contribution < -0.4 is 0 Å². The molecule has 3 atom stereocenters. The second-order valence-corrected chi connectivity index (χ2v) is 5.96. The molecule has 0 heterocycles. The normalized spacial score (nSPS) is 25.7.